The highest BCUT2D eigenvalue weighted by atomic mass is 14.6. The molecule has 0 N–H and O–H groups in total. The summed E-state index contributed by atoms with van der Waals surface area (Å²) in [7, 11) is 0. The van der Waals surface area contributed by atoms with Crippen molar-refractivity contribution in [2.24, 2.45) is 0 Å². The standard InChI is InChI=1S/C15H15N/c1-10-8-16-9-12-11-6-4-5-7-13(11)15(2,3)14(10)12/h4-9H,1-3H3. The Morgan fingerprint density at radius 2 is 1.75 bits per heavy atom. The Labute approximate surface area is 96.2 Å². The Morgan fingerprint density at radius 3 is 2.56 bits per heavy atom. The molecule has 1 heteroatoms. The van der Waals surface area contributed by atoms with Gasteiger partial charge in [0.2, 0.25) is 0 Å². The molecule has 0 amide bonds. The Kier molecular flexibility index (Phi) is 1.76. The molecule has 80 valence electrons. The topological polar surface area (TPSA) is 12.9 Å². The molecule has 1 nitrogen and oxygen atoms in total. The maximum absolute atomic E-state index is 4.32. The zero-order chi connectivity index (χ0) is 11.3. The summed E-state index contributed by atoms with van der Waals surface area (Å²) in [6.45, 7) is 6.74. The summed E-state index contributed by atoms with van der Waals surface area (Å²) in [5.41, 5.74) is 6.90. The van der Waals surface area contributed by atoms with Gasteiger partial charge in [0.05, 0.1) is 0 Å². The van der Waals surface area contributed by atoms with Gasteiger partial charge in [0.25, 0.3) is 0 Å². The third kappa shape index (κ3) is 1.03. The van der Waals surface area contributed by atoms with E-state index in [2.05, 4.69) is 50.0 Å². The third-order valence-electron chi connectivity index (χ3n) is 3.65. The second-order valence-electron chi connectivity index (χ2n) is 5.05. The normalized spacial score (nSPS) is 15.7. The van der Waals surface area contributed by atoms with Crippen LogP contribution in [0, 0.1) is 6.92 Å². The van der Waals surface area contributed by atoms with Gasteiger partial charge < -0.3 is 0 Å². The fourth-order valence-corrected chi connectivity index (χ4v) is 3.00. The molecule has 0 fully saturated rings. The van der Waals surface area contributed by atoms with E-state index in [4.69, 9.17) is 0 Å². The number of pyridine rings is 1. The van der Waals surface area contributed by atoms with Gasteiger partial charge in [-0.15, -0.1) is 0 Å². The number of benzene rings is 1. The molecular formula is C15H15N. The van der Waals surface area contributed by atoms with Gasteiger partial charge in [0.1, 0.15) is 0 Å². The SMILES string of the molecule is Cc1cncc2c1C(C)(C)c1ccccc1-2. The van der Waals surface area contributed by atoms with Crippen LogP contribution in [0.15, 0.2) is 36.7 Å². The first-order valence-electron chi connectivity index (χ1n) is 5.67. The molecular weight excluding hydrogens is 194 g/mol. The van der Waals surface area contributed by atoms with Crippen molar-refractivity contribution in [2.45, 2.75) is 26.2 Å². The van der Waals surface area contributed by atoms with E-state index in [0.717, 1.165) is 0 Å². The number of hydrogen-bond donors (Lipinski definition) is 0. The summed E-state index contributed by atoms with van der Waals surface area (Å²) >= 11 is 0. The second kappa shape index (κ2) is 2.94. The second-order valence-corrected chi connectivity index (χ2v) is 5.05. The lowest BCUT2D eigenvalue weighted by Gasteiger charge is -2.22. The lowest BCUT2D eigenvalue weighted by atomic mass is 9.81. The summed E-state index contributed by atoms with van der Waals surface area (Å²) in [4.78, 5) is 4.32. The van der Waals surface area contributed by atoms with E-state index < -0.39 is 0 Å². The molecule has 3 rings (SSSR count). The highest BCUT2D eigenvalue weighted by molar-refractivity contribution is 5.80. The van der Waals surface area contributed by atoms with Crippen LogP contribution in [0.25, 0.3) is 11.1 Å². The number of fused-ring (bicyclic) bond motifs is 3. The fourth-order valence-electron chi connectivity index (χ4n) is 3.00. The van der Waals surface area contributed by atoms with Crippen LogP contribution in [0.5, 0.6) is 0 Å². The van der Waals surface area contributed by atoms with Crippen molar-refractivity contribution >= 4 is 0 Å². The average Bonchev–Trinajstić information content (AvgIpc) is 2.50. The van der Waals surface area contributed by atoms with E-state index in [1.807, 2.05) is 12.4 Å². The van der Waals surface area contributed by atoms with Gasteiger partial charge >= 0.3 is 0 Å². The molecule has 1 aliphatic carbocycles. The molecule has 0 spiro atoms. The highest BCUT2D eigenvalue weighted by Gasteiger charge is 2.36. The van der Waals surface area contributed by atoms with Crippen LogP contribution >= 0.6 is 0 Å². The van der Waals surface area contributed by atoms with E-state index in [9.17, 15) is 0 Å². The van der Waals surface area contributed by atoms with E-state index >= 15 is 0 Å². The van der Waals surface area contributed by atoms with Crippen LogP contribution < -0.4 is 0 Å². The Balaban J connectivity index is 2.44. The van der Waals surface area contributed by atoms with Crippen LogP contribution in [-0.4, -0.2) is 4.98 Å². The highest BCUT2D eigenvalue weighted by Crippen LogP contribution is 2.49. The largest absolute Gasteiger partial charge is 0.264 e. The molecule has 0 aliphatic heterocycles. The number of nitrogens with zero attached hydrogens (tertiary/aromatic N) is 1. The molecule has 1 aromatic carbocycles. The molecule has 0 atom stereocenters. The van der Waals surface area contributed by atoms with Gasteiger partial charge in [0, 0.05) is 23.4 Å². The van der Waals surface area contributed by atoms with Crippen LogP contribution in [0.1, 0.15) is 30.5 Å². The van der Waals surface area contributed by atoms with Crippen LogP contribution in [0.3, 0.4) is 0 Å². The van der Waals surface area contributed by atoms with E-state index in [1.54, 1.807) is 0 Å². The molecule has 1 aliphatic rings. The Hall–Kier alpha value is -1.63. The van der Waals surface area contributed by atoms with Gasteiger partial charge in [-0.1, -0.05) is 38.1 Å². The van der Waals surface area contributed by atoms with Crippen LogP contribution in [-0.2, 0) is 5.41 Å². The van der Waals surface area contributed by atoms with Crippen molar-refractivity contribution in [2.75, 3.05) is 0 Å². The summed E-state index contributed by atoms with van der Waals surface area (Å²) in [5, 5.41) is 0. The van der Waals surface area contributed by atoms with Gasteiger partial charge in [-0.2, -0.15) is 0 Å². The van der Waals surface area contributed by atoms with Crippen molar-refractivity contribution in [3.8, 4) is 11.1 Å². The van der Waals surface area contributed by atoms with Crippen LogP contribution in [0.2, 0.25) is 0 Å². The molecule has 16 heavy (non-hydrogen) atoms. The first-order chi connectivity index (χ1) is 7.62. The quantitative estimate of drug-likeness (QED) is 0.644. The van der Waals surface area contributed by atoms with Crippen LogP contribution in [0.4, 0.5) is 0 Å². The number of hydrogen-bond acceptors (Lipinski definition) is 1. The molecule has 2 aromatic rings. The first-order valence-corrected chi connectivity index (χ1v) is 5.67. The molecule has 0 bridgehead atoms. The van der Waals surface area contributed by atoms with Crippen molar-refractivity contribution in [1.29, 1.82) is 0 Å². The summed E-state index contributed by atoms with van der Waals surface area (Å²) in [6, 6.07) is 8.65. The minimum absolute atomic E-state index is 0.110. The lowest BCUT2D eigenvalue weighted by Crippen LogP contribution is -2.16. The van der Waals surface area contributed by atoms with Gasteiger partial charge in [-0.05, 0) is 29.2 Å². The maximum Gasteiger partial charge on any atom is 0.0349 e. The zero-order valence-electron chi connectivity index (χ0n) is 9.91. The number of rotatable bonds is 0. The zero-order valence-corrected chi connectivity index (χ0v) is 9.91. The van der Waals surface area contributed by atoms with Gasteiger partial charge in [-0.25, -0.2) is 0 Å². The van der Waals surface area contributed by atoms with E-state index in [-0.39, 0.29) is 5.41 Å². The van der Waals surface area contributed by atoms with E-state index in [0.29, 0.717) is 0 Å². The molecule has 0 unspecified atom stereocenters. The number of aromatic nitrogens is 1. The predicted octanol–water partition coefficient (Wildman–Crippen LogP) is 3.70. The monoisotopic (exact) mass is 209 g/mol. The summed E-state index contributed by atoms with van der Waals surface area (Å²) in [6.07, 6.45) is 3.96. The van der Waals surface area contributed by atoms with Crippen molar-refractivity contribution < 1.29 is 0 Å². The van der Waals surface area contributed by atoms with Crippen molar-refractivity contribution in [1.82, 2.24) is 4.98 Å². The molecule has 0 radical (unpaired) electrons. The van der Waals surface area contributed by atoms with Crippen molar-refractivity contribution in [3.05, 3.63) is 53.3 Å². The van der Waals surface area contributed by atoms with E-state index in [1.165, 1.54) is 27.8 Å². The Bertz CT molecular complexity index is 567. The summed E-state index contributed by atoms with van der Waals surface area (Å²) < 4.78 is 0. The average molecular weight is 209 g/mol. The van der Waals surface area contributed by atoms with Crippen molar-refractivity contribution in [3.63, 3.8) is 0 Å². The third-order valence-corrected chi connectivity index (χ3v) is 3.65. The van der Waals surface area contributed by atoms with Gasteiger partial charge in [0.15, 0.2) is 0 Å². The minimum Gasteiger partial charge on any atom is -0.264 e. The smallest absolute Gasteiger partial charge is 0.0349 e. The molecule has 0 saturated heterocycles. The lowest BCUT2D eigenvalue weighted by molar-refractivity contribution is 0.654. The Morgan fingerprint density at radius 1 is 1.00 bits per heavy atom. The molecule has 0 saturated carbocycles. The summed E-state index contributed by atoms with van der Waals surface area (Å²) in [5.74, 6) is 0. The fraction of sp³-hybridized carbons (Fsp3) is 0.267. The predicted molar refractivity (Wildman–Crippen MR) is 66.5 cm³/mol. The maximum atomic E-state index is 4.32. The number of aryl methyl sites for hydroxylation is 1. The molecule has 1 aromatic heterocycles. The first kappa shape index (κ1) is 9.59. The minimum atomic E-state index is 0.110. The molecule has 1 heterocycles. The van der Waals surface area contributed by atoms with Gasteiger partial charge in [-0.3, -0.25) is 4.98 Å².